The summed E-state index contributed by atoms with van der Waals surface area (Å²) in [6, 6.07) is 0. The normalized spacial score (nSPS) is 8.77. The van der Waals surface area contributed by atoms with Crippen LogP contribution in [0.5, 0.6) is 0 Å². The maximum absolute atomic E-state index is 4.25. The first-order valence-electron chi connectivity index (χ1n) is 3.04. The number of quaternary nitrogens is 1. The third kappa shape index (κ3) is 2.42. The van der Waals surface area contributed by atoms with Gasteiger partial charge in [-0.3, -0.25) is 11.2 Å². The molecule has 0 aliphatic heterocycles. The zero-order chi connectivity index (χ0) is 9.52. The highest BCUT2D eigenvalue weighted by molar-refractivity contribution is 5.47. The molecule has 0 atom stereocenters. The van der Waals surface area contributed by atoms with Crippen LogP contribution in [0.25, 0.3) is 5.32 Å². The summed E-state index contributed by atoms with van der Waals surface area (Å²) in [7, 11) is 0. The zero-order valence-corrected chi connectivity index (χ0v) is 6.41. The topological polar surface area (TPSA) is 177 Å². The van der Waals surface area contributed by atoms with Gasteiger partial charge in [-0.2, -0.15) is 16.0 Å². The van der Waals surface area contributed by atoms with E-state index in [4.69, 9.17) is 0 Å². The lowest BCUT2D eigenvalue weighted by Crippen LogP contribution is -2.59. The minimum atomic E-state index is 0.173. The van der Waals surface area contributed by atoms with Crippen molar-refractivity contribution >= 4 is 11.9 Å². The summed E-state index contributed by atoms with van der Waals surface area (Å²) in [5, 5.41) is 29.0. The fourth-order valence-electron chi connectivity index (χ4n) is 0.497. The standard InChI is InChI=1S/C2H2N9.H4N2/c3(1-4-8-9-5-1)2-6-10-11-7-2;1-2/h(H2-,3,4,5,6,7,8,9,10,11);1-2H2/q-1;/p+1. The Hall–Kier alpha value is -2.14. The third-order valence-corrected chi connectivity index (χ3v) is 0.868. The van der Waals surface area contributed by atoms with Crippen molar-refractivity contribution in [3.63, 3.8) is 0 Å². The van der Waals surface area contributed by atoms with E-state index in [1.807, 2.05) is 0 Å². The molecule has 11 heteroatoms. The van der Waals surface area contributed by atoms with Gasteiger partial charge in [0.05, 0.1) is 0 Å². The monoisotopic (exact) mass is 185 g/mol. The summed E-state index contributed by atoms with van der Waals surface area (Å²) in [5.74, 6) is 7.35. The van der Waals surface area contributed by atoms with Gasteiger partial charge in [0, 0.05) is 0 Å². The average Bonchev–Trinajstić information content (AvgIpc) is 2.81. The van der Waals surface area contributed by atoms with Gasteiger partial charge < -0.3 is 0 Å². The first kappa shape index (κ1) is 8.95. The second-order valence-corrected chi connectivity index (χ2v) is 1.54. The van der Waals surface area contributed by atoms with Crippen molar-refractivity contribution < 1.29 is 5.84 Å². The molecule has 0 bridgehead atoms. The van der Waals surface area contributed by atoms with Crippen molar-refractivity contribution in [2.45, 2.75) is 0 Å². The molecule has 0 aliphatic carbocycles. The van der Waals surface area contributed by atoms with Gasteiger partial charge in [-0.05, 0) is 0 Å². The third-order valence-electron chi connectivity index (χ3n) is 0.868. The number of aromatic amines is 2. The molecule has 0 radical (unpaired) electrons. The van der Waals surface area contributed by atoms with Gasteiger partial charge in [0.15, 0.2) is 11.9 Å². The maximum atomic E-state index is 4.25. The predicted octanol–water partition coefficient (Wildman–Crippen LogP) is -2.85. The van der Waals surface area contributed by atoms with Crippen molar-refractivity contribution in [1.82, 2.24) is 41.2 Å². The van der Waals surface area contributed by atoms with Crippen molar-refractivity contribution in [2.24, 2.45) is 5.84 Å². The van der Waals surface area contributed by atoms with E-state index < -0.39 is 0 Å². The largest absolute Gasteiger partial charge is 0.283 e. The number of tetrazole rings is 2. The Morgan fingerprint density at radius 1 is 1.00 bits per heavy atom. The lowest BCUT2D eigenvalue weighted by atomic mass is 10.9. The smallest absolute Gasteiger partial charge is 0.157 e. The molecule has 0 unspecified atom stereocenters. The summed E-state index contributed by atoms with van der Waals surface area (Å²) in [5.41, 5.74) is 0. The lowest BCUT2D eigenvalue weighted by Gasteiger charge is -1.94. The van der Waals surface area contributed by atoms with Crippen LogP contribution in [-0.4, -0.2) is 41.2 Å². The highest BCUT2D eigenvalue weighted by Crippen LogP contribution is 2.17. The molecule has 0 aromatic carbocycles. The number of nitrogens with two attached hydrogens (primary N) is 1. The molecule has 0 aliphatic rings. The fraction of sp³-hybridized carbons (Fsp3) is 0. The Kier molecular flexibility index (Phi) is 3.22. The summed E-state index contributed by atoms with van der Waals surface area (Å²) in [6.45, 7) is 0. The van der Waals surface area contributed by atoms with Crippen molar-refractivity contribution in [1.29, 1.82) is 0 Å². The molecule has 7 N–H and O–H groups in total. The quantitative estimate of drug-likeness (QED) is 0.287. The first-order valence-corrected chi connectivity index (χ1v) is 3.04. The summed E-state index contributed by atoms with van der Waals surface area (Å²) >= 11 is 0. The number of nitrogens with one attached hydrogen (secondary N) is 2. The second-order valence-electron chi connectivity index (χ2n) is 1.54. The van der Waals surface area contributed by atoms with E-state index in [1.165, 1.54) is 0 Å². The Bertz CT molecular complexity index is 260. The molecular weight excluding hydrogens is 178 g/mol. The average molecular weight is 185 g/mol. The molecule has 2 rings (SSSR count). The highest BCUT2D eigenvalue weighted by Gasteiger charge is 1.92. The SMILES string of the molecule is N[NH3+].n1nc([N-]c2nn[nH]n2)n[nH]1. The van der Waals surface area contributed by atoms with Gasteiger partial charge in [0.1, 0.15) is 0 Å². The molecule has 2 aromatic heterocycles. The molecule has 70 valence electrons. The van der Waals surface area contributed by atoms with Crippen molar-refractivity contribution in [2.75, 3.05) is 0 Å². The number of aromatic nitrogens is 8. The Balaban J connectivity index is 0.000000396. The summed E-state index contributed by atoms with van der Waals surface area (Å²) in [4.78, 5) is 0. The van der Waals surface area contributed by atoms with Crippen LogP contribution in [0.1, 0.15) is 0 Å². The van der Waals surface area contributed by atoms with Crippen LogP contribution in [0, 0.1) is 0 Å². The zero-order valence-electron chi connectivity index (χ0n) is 6.41. The Morgan fingerprint density at radius 3 is 1.77 bits per heavy atom. The van der Waals surface area contributed by atoms with E-state index in [9.17, 15) is 0 Å². The van der Waals surface area contributed by atoms with Gasteiger partial charge in [0.2, 0.25) is 0 Å². The highest BCUT2D eigenvalue weighted by atomic mass is 15.5. The number of hydrogen-bond acceptors (Lipinski definition) is 7. The van der Waals surface area contributed by atoms with Gasteiger partial charge in [0.25, 0.3) is 0 Å². The molecule has 0 saturated heterocycles. The van der Waals surface area contributed by atoms with Gasteiger partial charge in [-0.1, -0.05) is 0 Å². The molecule has 2 aromatic rings. The van der Waals surface area contributed by atoms with E-state index in [0.717, 1.165) is 0 Å². The fourth-order valence-corrected chi connectivity index (χ4v) is 0.497. The number of rotatable bonds is 2. The predicted molar refractivity (Wildman–Crippen MR) is 38.1 cm³/mol. The van der Waals surface area contributed by atoms with Crippen molar-refractivity contribution in [3.8, 4) is 0 Å². The van der Waals surface area contributed by atoms with Crippen LogP contribution < -0.4 is 11.7 Å². The maximum Gasteiger partial charge on any atom is 0.157 e. The van der Waals surface area contributed by atoms with Crippen LogP contribution in [0.4, 0.5) is 11.9 Å². The van der Waals surface area contributed by atoms with E-state index in [-0.39, 0.29) is 11.9 Å². The Morgan fingerprint density at radius 2 is 1.46 bits per heavy atom. The van der Waals surface area contributed by atoms with E-state index in [0.29, 0.717) is 0 Å². The van der Waals surface area contributed by atoms with Gasteiger partial charge >= 0.3 is 0 Å². The molecule has 0 spiro atoms. The molecule has 0 fully saturated rings. The minimum Gasteiger partial charge on any atom is -0.283 e. The molecule has 0 saturated carbocycles. The molecule has 13 heavy (non-hydrogen) atoms. The van der Waals surface area contributed by atoms with Gasteiger partial charge in [-0.15, -0.1) is 10.4 Å². The first-order chi connectivity index (χ1) is 6.45. The Labute approximate surface area is 71.2 Å². The van der Waals surface area contributed by atoms with Crippen molar-refractivity contribution in [3.05, 3.63) is 5.32 Å². The number of H-pyrrole nitrogens is 2. The van der Waals surface area contributed by atoms with Crippen LogP contribution in [0.2, 0.25) is 0 Å². The van der Waals surface area contributed by atoms with E-state index in [2.05, 4.69) is 58.3 Å². The number of nitrogens with zero attached hydrogens (tertiary/aromatic N) is 7. The molecular formula is C2H7N11. The lowest BCUT2D eigenvalue weighted by molar-refractivity contribution is -0.379. The van der Waals surface area contributed by atoms with Gasteiger partial charge in [-0.25, -0.2) is 20.6 Å². The number of hydrogen-bond donors (Lipinski definition) is 4. The van der Waals surface area contributed by atoms with Crippen LogP contribution in [0.15, 0.2) is 0 Å². The van der Waals surface area contributed by atoms with E-state index >= 15 is 0 Å². The summed E-state index contributed by atoms with van der Waals surface area (Å²) < 4.78 is 0. The molecule has 2 heterocycles. The minimum absolute atomic E-state index is 0.173. The van der Waals surface area contributed by atoms with Crippen LogP contribution in [-0.2, 0) is 0 Å². The van der Waals surface area contributed by atoms with Crippen LogP contribution in [0.3, 0.4) is 0 Å². The second kappa shape index (κ2) is 4.68. The summed E-state index contributed by atoms with van der Waals surface area (Å²) in [6.07, 6.45) is 0. The molecule has 11 nitrogen and oxygen atoms in total. The van der Waals surface area contributed by atoms with Crippen LogP contribution >= 0.6 is 0 Å². The molecule has 0 amide bonds. The van der Waals surface area contributed by atoms with E-state index in [1.54, 1.807) is 0 Å².